The van der Waals surface area contributed by atoms with Crippen molar-refractivity contribution in [2.45, 2.75) is 12.5 Å². The Bertz CT molecular complexity index is 276. The first-order valence-corrected chi connectivity index (χ1v) is 4.17. The molecule has 0 bridgehead atoms. The van der Waals surface area contributed by atoms with Gasteiger partial charge in [0, 0.05) is 0 Å². The predicted octanol–water partition coefficient (Wildman–Crippen LogP) is 1.25. The van der Waals surface area contributed by atoms with Gasteiger partial charge in [0.25, 0.3) is 0 Å². The van der Waals surface area contributed by atoms with Gasteiger partial charge in [-0.2, -0.15) is 0 Å². The van der Waals surface area contributed by atoms with Gasteiger partial charge in [-0.05, 0) is 12.0 Å². The molecule has 0 spiro atoms. The number of hydrogen-bond donors (Lipinski definition) is 1. The van der Waals surface area contributed by atoms with E-state index in [4.69, 9.17) is 17.6 Å². The van der Waals surface area contributed by atoms with E-state index >= 15 is 0 Å². The number of benzene rings is 1. The molecule has 1 aromatic carbocycles. The van der Waals surface area contributed by atoms with Gasteiger partial charge in [-0.1, -0.05) is 30.3 Å². The number of halogens is 1. The minimum Gasteiger partial charge on any atom is -0.346 e. The first-order chi connectivity index (χ1) is 6.24. The van der Waals surface area contributed by atoms with E-state index < -0.39 is 12.0 Å². The topological polar surface area (TPSA) is 52.3 Å². The molecule has 0 aliphatic rings. The lowest BCUT2D eigenvalue weighted by molar-refractivity contribution is -0.135. The van der Waals surface area contributed by atoms with Crippen LogP contribution < -0.4 is 5.73 Å². The maximum absolute atomic E-state index is 10.8. The zero-order valence-electron chi connectivity index (χ0n) is 6.94. The Morgan fingerprint density at radius 2 is 2.08 bits per heavy atom. The highest BCUT2D eigenvalue weighted by Gasteiger charge is 2.14. The largest absolute Gasteiger partial charge is 0.346 e. The third-order valence-electron chi connectivity index (χ3n) is 1.68. The Morgan fingerprint density at radius 1 is 1.46 bits per heavy atom. The van der Waals surface area contributed by atoms with E-state index in [1.807, 2.05) is 30.3 Å². The van der Waals surface area contributed by atoms with Crippen molar-refractivity contribution >= 4 is 17.8 Å². The lowest BCUT2D eigenvalue weighted by Gasteiger charge is -2.06. The summed E-state index contributed by atoms with van der Waals surface area (Å²) in [6, 6.07) is 8.75. The standard InChI is InChI=1S/C9H10ClNO2/c10-13-9(12)8(11)6-7-4-2-1-3-5-7/h1-5,8H,6,11H2/t8-/m0/s1. The molecule has 0 amide bonds. The van der Waals surface area contributed by atoms with Gasteiger partial charge in [0.05, 0.1) is 0 Å². The summed E-state index contributed by atoms with van der Waals surface area (Å²) in [5.74, 6) is -0.606. The van der Waals surface area contributed by atoms with Crippen molar-refractivity contribution in [3.05, 3.63) is 35.9 Å². The van der Waals surface area contributed by atoms with Gasteiger partial charge in [0.1, 0.15) is 17.9 Å². The Kier molecular flexibility index (Phi) is 3.73. The molecule has 0 unspecified atom stereocenters. The molecule has 4 heteroatoms. The van der Waals surface area contributed by atoms with Crippen LogP contribution in [0.5, 0.6) is 0 Å². The molecular weight excluding hydrogens is 190 g/mol. The van der Waals surface area contributed by atoms with E-state index in [-0.39, 0.29) is 0 Å². The van der Waals surface area contributed by atoms with Gasteiger partial charge >= 0.3 is 5.97 Å². The third kappa shape index (κ3) is 3.05. The van der Waals surface area contributed by atoms with Crippen LogP contribution in [0.2, 0.25) is 0 Å². The quantitative estimate of drug-likeness (QED) is 0.797. The normalized spacial score (nSPS) is 12.2. The molecule has 2 N–H and O–H groups in total. The summed E-state index contributed by atoms with van der Waals surface area (Å²) < 4.78 is 3.99. The minimum absolute atomic E-state index is 0.437. The summed E-state index contributed by atoms with van der Waals surface area (Å²) in [6.07, 6.45) is 0.437. The first kappa shape index (κ1) is 10.0. The van der Waals surface area contributed by atoms with E-state index in [1.54, 1.807) is 0 Å². The molecule has 0 fully saturated rings. The van der Waals surface area contributed by atoms with Gasteiger partial charge in [-0.3, -0.25) is 0 Å². The average Bonchev–Trinajstić information content (AvgIpc) is 2.18. The summed E-state index contributed by atoms with van der Waals surface area (Å²) in [7, 11) is 0. The van der Waals surface area contributed by atoms with Crippen LogP contribution >= 0.6 is 11.9 Å². The molecule has 0 saturated carbocycles. The van der Waals surface area contributed by atoms with Gasteiger partial charge in [-0.15, -0.1) is 0 Å². The fourth-order valence-electron chi connectivity index (χ4n) is 1.01. The molecule has 0 aromatic heterocycles. The molecule has 0 aliphatic carbocycles. The van der Waals surface area contributed by atoms with Crippen molar-refractivity contribution in [2.75, 3.05) is 0 Å². The molecule has 0 radical (unpaired) electrons. The van der Waals surface area contributed by atoms with Crippen LogP contribution in [-0.4, -0.2) is 12.0 Å². The molecular formula is C9H10ClNO2. The minimum atomic E-state index is -0.695. The maximum Gasteiger partial charge on any atom is 0.341 e. The highest BCUT2D eigenvalue weighted by molar-refractivity contribution is 6.13. The highest BCUT2D eigenvalue weighted by atomic mass is 35.5. The molecule has 13 heavy (non-hydrogen) atoms. The van der Waals surface area contributed by atoms with Gasteiger partial charge < -0.3 is 10.0 Å². The fraction of sp³-hybridized carbons (Fsp3) is 0.222. The molecule has 3 nitrogen and oxygen atoms in total. The Labute approximate surface area is 81.6 Å². The van der Waals surface area contributed by atoms with Crippen LogP contribution in [0.3, 0.4) is 0 Å². The monoisotopic (exact) mass is 199 g/mol. The van der Waals surface area contributed by atoms with E-state index in [2.05, 4.69) is 4.29 Å². The summed E-state index contributed by atoms with van der Waals surface area (Å²) in [6.45, 7) is 0. The van der Waals surface area contributed by atoms with Crippen molar-refractivity contribution in [2.24, 2.45) is 5.73 Å². The molecule has 1 atom stereocenters. The second kappa shape index (κ2) is 4.84. The Morgan fingerprint density at radius 3 is 2.62 bits per heavy atom. The number of nitrogens with two attached hydrogens (primary N) is 1. The number of carbonyl (C=O) groups excluding carboxylic acids is 1. The van der Waals surface area contributed by atoms with E-state index in [0.29, 0.717) is 6.42 Å². The summed E-state index contributed by atoms with van der Waals surface area (Å²) in [5.41, 5.74) is 6.48. The highest BCUT2D eigenvalue weighted by Crippen LogP contribution is 2.03. The molecule has 1 aromatic rings. The van der Waals surface area contributed by atoms with Crippen molar-refractivity contribution in [3.63, 3.8) is 0 Å². The number of hydrogen-bond acceptors (Lipinski definition) is 3. The SMILES string of the molecule is N[C@@H](Cc1ccccc1)C(=O)OCl. The maximum atomic E-state index is 10.8. The van der Waals surface area contributed by atoms with Crippen LogP contribution in [-0.2, 0) is 15.5 Å². The van der Waals surface area contributed by atoms with Gasteiger partial charge in [0.2, 0.25) is 0 Å². The number of carbonyl (C=O) groups is 1. The molecule has 70 valence electrons. The number of rotatable bonds is 3. The summed E-state index contributed by atoms with van der Waals surface area (Å²) in [5, 5.41) is 0. The molecule has 0 heterocycles. The molecule has 0 aliphatic heterocycles. The molecule has 1 rings (SSSR count). The van der Waals surface area contributed by atoms with Crippen LogP contribution in [0, 0.1) is 0 Å². The zero-order valence-corrected chi connectivity index (χ0v) is 7.70. The summed E-state index contributed by atoms with van der Waals surface area (Å²) in [4.78, 5) is 10.8. The van der Waals surface area contributed by atoms with Crippen molar-refractivity contribution in [3.8, 4) is 0 Å². The zero-order chi connectivity index (χ0) is 9.68. The van der Waals surface area contributed by atoms with Gasteiger partial charge in [0.15, 0.2) is 0 Å². The second-order valence-corrected chi connectivity index (χ2v) is 2.85. The van der Waals surface area contributed by atoms with Crippen LogP contribution in [0.15, 0.2) is 30.3 Å². The van der Waals surface area contributed by atoms with E-state index in [1.165, 1.54) is 0 Å². The Hall–Kier alpha value is -1.06. The smallest absolute Gasteiger partial charge is 0.341 e. The summed E-state index contributed by atoms with van der Waals surface area (Å²) >= 11 is 4.88. The lowest BCUT2D eigenvalue weighted by atomic mass is 10.1. The first-order valence-electron chi connectivity index (χ1n) is 3.86. The van der Waals surface area contributed by atoms with Crippen molar-refractivity contribution in [1.29, 1.82) is 0 Å². The third-order valence-corrected chi connectivity index (χ3v) is 1.83. The van der Waals surface area contributed by atoms with Crippen LogP contribution in [0.1, 0.15) is 5.56 Å². The van der Waals surface area contributed by atoms with Crippen LogP contribution in [0.4, 0.5) is 0 Å². The predicted molar refractivity (Wildman–Crippen MR) is 50.1 cm³/mol. The second-order valence-electron chi connectivity index (χ2n) is 2.69. The van der Waals surface area contributed by atoms with Crippen molar-refractivity contribution in [1.82, 2.24) is 0 Å². The molecule has 0 saturated heterocycles. The average molecular weight is 200 g/mol. The fourth-order valence-corrected chi connectivity index (χ4v) is 1.12. The lowest BCUT2D eigenvalue weighted by Crippen LogP contribution is -2.32. The van der Waals surface area contributed by atoms with E-state index in [0.717, 1.165) is 5.56 Å². The van der Waals surface area contributed by atoms with Gasteiger partial charge in [-0.25, -0.2) is 4.79 Å². The van der Waals surface area contributed by atoms with E-state index in [9.17, 15) is 4.79 Å². The Balaban J connectivity index is 2.55. The van der Waals surface area contributed by atoms with Crippen molar-refractivity contribution < 1.29 is 9.08 Å². The van der Waals surface area contributed by atoms with Crippen LogP contribution in [0.25, 0.3) is 0 Å².